The first-order valence-electron chi connectivity index (χ1n) is 5.85. The zero-order valence-electron chi connectivity index (χ0n) is 10.7. The molecule has 0 heterocycles. The molecule has 0 aliphatic carbocycles. The van der Waals surface area contributed by atoms with Crippen LogP contribution in [0.25, 0.3) is 0 Å². The van der Waals surface area contributed by atoms with Crippen molar-refractivity contribution in [3.8, 4) is 0 Å². The van der Waals surface area contributed by atoms with Crippen LogP contribution in [-0.4, -0.2) is 26.2 Å². The van der Waals surface area contributed by atoms with Crippen molar-refractivity contribution >= 4 is 10.0 Å². The molecule has 19 heavy (non-hydrogen) atoms. The minimum absolute atomic E-state index is 0.185. The standard InChI is InChI=1S/C12H17F2NO3S/c1-8(2)6-9(16)7-15-19(17,18)12-10(13)4-3-5-11(12)14/h3-5,8-9,15-16H,6-7H2,1-2H3. The number of benzene rings is 1. The Labute approximate surface area is 111 Å². The molecule has 0 aromatic heterocycles. The molecule has 0 aliphatic heterocycles. The molecular formula is C12H17F2NO3S. The van der Waals surface area contributed by atoms with Gasteiger partial charge in [-0.05, 0) is 24.5 Å². The van der Waals surface area contributed by atoms with E-state index in [1.54, 1.807) is 0 Å². The van der Waals surface area contributed by atoms with Crippen LogP contribution in [0.1, 0.15) is 20.3 Å². The lowest BCUT2D eigenvalue weighted by molar-refractivity contribution is 0.152. The fourth-order valence-electron chi connectivity index (χ4n) is 1.64. The Bertz CT molecular complexity index is 512. The summed E-state index contributed by atoms with van der Waals surface area (Å²) in [6.45, 7) is 3.46. The third-order valence-electron chi connectivity index (χ3n) is 2.44. The molecule has 108 valence electrons. The Morgan fingerprint density at radius 2 is 1.79 bits per heavy atom. The van der Waals surface area contributed by atoms with Crippen molar-refractivity contribution in [1.82, 2.24) is 4.72 Å². The van der Waals surface area contributed by atoms with Gasteiger partial charge in [-0.2, -0.15) is 0 Å². The quantitative estimate of drug-likeness (QED) is 0.838. The number of sulfonamides is 1. The summed E-state index contributed by atoms with van der Waals surface area (Å²) in [6.07, 6.45) is -0.507. The molecular weight excluding hydrogens is 276 g/mol. The van der Waals surface area contributed by atoms with Crippen LogP contribution in [0.15, 0.2) is 23.1 Å². The van der Waals surface area contributed by atoms with Crippen LogP contribution in [0.5, 0.6) is 0 Å². The number of aliphatic hydroxyl groups is 1. The summed E-state index contributed by atoms with van der Waals surface area (Å²) in [4.78, 5) is -1.02. The number of hydrogen-bond acceptors (Lipinski definition) is 3. The fourth-order valence-corrected chi connectivity index (χ4v) is 2.85. The zero-order chi connectivity index (χ0) is 14.6. The second kappa shape index (κ2) is 6.40. The van der Waals surface area contributed by atoms with Gasteiger partial charge in [0.25, 0.3) is 0 Å². The van der Waals surface area contributed by atoms with Crippen LogP contribution < -0.4 is 4.72 Å². The van der Waals surface area contributed by atoms with E-state index in [1.165, 1.54) is 0 Å². The van der Waals surface area contributed by atoms with Crippen molar-refractivity contribution in [2.24, 2.45) is 5.92 Å². The van der Waals surface area contributed by atoms with Gasteiger partial charge in [-0.15, -0.1) is 0 Å². The maximum absolute atomic E-state index is 13.4. The van der Waals surface area contributed by atoms with Crippen molar-refractivity contribution < 1.29 is 22.3 Å². The molecule has 0 amide bonds. The molecule has 0 aliphatic rings. The lowest BCUT2D eigenvalue weighted by atomic mass is 10.1. The van der Waals surface area contributed by atoms with Crippen molar-refractivity contribution in [2.75, 3.05) is 6.54 Å². The fraction of sp³-hybridized carbons (Fsp3) is 0.500. The number of halogens is 2. The maximum Gasteiger partial charge on any atom is 0.246 e. The van der Waals surface area contributed by atoms with Gasteiger partial charge in [-0.3, -0.25) is 0 Å². The molecule has 4 nitrogen and oxygen atoms in total. The van der Waals surface area contributed by atoms with Gasteiger partial charge in [0.1, 0.15) is 11.6 Å². The summed E-state index contributed by atoms with van der Waals surface area (Å²) in [5.41, 5.74) is 0. The Morgan fingerprint density at radius 3 is 2.26 bits per heavy atom. The van der Waals surface area contributed by atoms with Gasteiger partial charge >= 0.3 is 0 Å². The predicted octanol–water partition coefficient (Wildman–Crippen LogP) is 1.65. The van der Waals surface area contributed by atoms with Crippen molar-refractivity contribution in [3.63, 3.8) is 0 Å². The molecule has 0 fully saturated rings. The third-order valence-corrected chi connectivity index (χ3v) is 3.91. The average Bonchev–Trinajstić information content (AvgIpc) is 2.25. The maximum atomic E-state index is 13.4. The molecule has 0 radical (unpaired) electrons. The number of hydrogen-bond donors (Lipinski definition) is 2. The van der Waals surface area contributed by atoms with E-state index >= 15 is 0 Å². The van der Waals surface area contributed by atoms with Gasteiger partial charge in [0.05, 0.1) is 6.10 Å². The Morgan fingerprint density at radius 1 is 1.26 bits per heavy atom. The first-order chi connectivity index (χ1) is 8.74. The van der Waals surface area contributed by atoms with E-state index in [1.807, 2.05) is 18.6 Å². The summed E-state index contributed by atoms with van der Waals surface area (Å²) in [5.74, 6) is -2.14. The van der Waals surface area contributed by atoms with E-state index in [9.17, 15) is 22.3 Å². The van der Waals surface area contributed by atoms with Crippen LogP contribution in [0.2, 0.25) is 0 Å². The second-order valence-corrected chi connectivity index (χ2v) is 6.39. The highest BCUT2D eigenvalue weighted by Crippen LogP contribution is 2.18. The Balaban J connectivity index is 2.82. The highest BCUT2D eigenvalue weighted by atomic mass is 32.2. The van der Waals surface area contributed by atoms with Crippen LogP contribution in [-0.2, 0) is 10.0 Å². The molecule has 1 aromatic carbocycles. The van der Waals surface area contributed by atoms with Crippen molar-refractivity contribution in [1.29, 1.82) is 0 Å². The van der Waals surface area contributed by atoms with Gasteiger partial charge in [0, 0.05) is 6.54 Å². The summed E-state index contributed by atoms with van der Waals surface area (Å²) < 4.78 is 52.2. The average molecular weight is 293 g/mol. The molecule has 0 bridgehead atoms. The van der Waals surface area contributed by atoms with Gasteiger partial charge < -0.3 is 5.11 Å². The molecule has 2 N–H and O–H groups in total. The third kappa shape index (κ3) is 4.52. The van der Waals surface area contributed by atoms with Crippen molar-refractivity contribution in [3.05, 3.63) is 29.8 Å². The van der Waals surface area contributed by atoms with E-state index in [0.29, 0.717) is 6.42 Å². The van der Waals surface area contributed by atoms with Gasteiger partial charge in [-0.1, -0.05) is 19.9 Å². The molecule has 1 atom stereocenters. The van der Waals surface area contributed by atoms with Crippen LogP contribution in [0.3, 0.4) is 0 Å². The monoisotopic (exact) mass is 293 g/mol. The van der Waals surface area contributed by atoms with E-state index < -0.39 is 32.7 Å². The molecule has 0 saturated carbocycles. The van der Waals surface area contributed by atoms with E-state index in [-0.39, 0.29) is 12.5 Å². The van der Waals surface area contributed by atoms with Crippen LogP contribution in [0.4, 0.5) is 8.78 Å². The minimum atomic E-state index is -4.31. The minimum Gasteiger partial charge on any atom is -0.392 e. The highest BCUT2D eigenvalue weighted by molar-refractivity contribution is 7.89. The number of aliphatic hydroxyl groups excluding tert-OH is 1. The normalized spacial score (nSPS) is 13.8. The van der Waals surface area contributed by atoms with Gasteiger partial charge in [0.2, 0.25) is 10.0 Å². The van der Waals surface area contributed by atoms with E-state index in [4.69, 9.17) is 0 Å². The zero-order valence-corrected chi connectivity index (χ0v) is 11.5. The largest absolute Gasteiger partial charge is 0.392 e. The lowest BCUT2D eigenvalue weighted by Gasteiger charge is -2.14. The molecule has 1 rings (SSSR count). The predicted molar refractivity (Wildman–Crippen MR) is 67.0 cm³/mol. The highest BCUT2D eigenvalue weighted by Gasteiger charge is 2.24. The summed E-state index contributed by atoms with van der Waals surface area (Å²) in [6, 6.07) is 2.81. The van der Waals surface area contributed by atoms with Crippen LogP contribution >= 0.6 is 0 Å². The van der Waals surface area contributed by atoms with Crippen molar-refractivity contribution in [2.45, 2.75) is 31.3 Å². The smallest absolute Gasteiger partial charge is 0.246 e. The number of rotatable bonds is 6. The molecule has 1 aromatic rings. The first kappa shape index (κ1) is 16.0. The first-order valence-corrected chi connectivity index (χ1v) is 7.34. The SMILES string of the molecule is CC(C)CC(O)CNS(=O)(=O)c1c(F)cccc1F. The van der Waals surface area contributed by atoms with Crippen LogP contribution in [0, 0.1) is 17.6 Å². The van der Waals surface area contributed by atoms with E-state index in [2.05, 4.69) is 0 Å². The second-order valence-electron chi connectivity index (χ2n) is 4.69. The molecule has 0 spiro atoms. The Kier molecular flexibility index (Phi) is 5.39. The molecule has 1 unspecified atom stereocenters. The topological polar surface area (TPSA) is 66.4 Å². The molecule has 7 heteroatoms. The lowest BCUT2D eigenvalue weighted by Crippen LogP contribution is -2.33. The summed E-state index contributed by atoms with van der Waals surface area (Å²) in [5, 5.41) is 9.55. The van der Waals surface area contributed by atoms with Gasteiger partial charge in [0.15, 0.2) is 4.90 Å². The summed E-state index contributed by atoms with van der Waals surface area (Å²) in [7, 11) is -4.31. The summed E-state index contributed by atoms with van der Waals surface area (Å²) >= 11 is 0. The molecule has 0 saturated heterocycles. The number of nitrogens with one attached hydrogen (secondary N) is 1. The van der Waals surface area contributed by atoms with E-state index in [0.717, 1.165) is 18.2 Å². The van der Waals surface area contributed by atoms with Gasteiger partial charge in [-0.25, -0.2) is 21.9 Å². The Hall–Kier alpha value is -1.05.